The van der Waals surface area contributed by atoms with E-state index in [1.807, 2.05) is 23.5 Å². The topological polar surface area (TPSA) is 53.1 Å². The summed E-state index contributed by atoms with van der Waals surface area (Å²) in [5.74, 6) is 0.0635. The van der Waals surface area contributed by atoms with Crippen molar-refractivity contribution >= 4 is 34.5 Å². The number of rotatable bonds is 2. The molecule has 3 N–H and O–H groups in total. The highest BCUT2D eigenvalue weighted by Crippen LogP contribution is 2.31. The molecule has 3 rings (SSSR count). The molecule has 98 valence electrons. The van der Waals surface area contributed by atoms with E-state index in [4.69, 9.17) is 22.7 Å². The predicted octanol–water partition coefficient (Wildman–Crippen LogP) is 3.25. The van der Waals surface area contributed by atoms with Gasteiger partial charge in [-0.25, -0.2) is 0 Å². The van der Waals surface area contributed by atoms with Crippen molar-refractivity contribution in [1.29, 1.82) is 5.41 Å². The van der Waals surface area contributed by atoms with Gasteiger partial charge in [-0.2, -0.15) is 0 Å². The number of halogens is 1. The molecule has 19 heavy (non-hydrogen) atoms. The quantitative estimate of drug-likeness (QED) is 0.659. The first-order valence-electron chi connectivity index (χ1n) is 6.09. The van der Waals surface area contributed by atoms with Crippen LogP contribution < -0.4 is 10.6 Å². The average molecular weight is 292 g/mol. The van der Waals surface area contributed by atoms with E-state index in [9.17, 15) is 0 Å². The Morgan fingerprint density at radius 3 is 3.00 bits per heavy atom. The summed E-state index contributed by atoms with van der Waals surface area (Å²) in [6, 6.07) is 7.75. The van der Waals surface area contributed by atoms with Crippen LogP contribution in [0, 0.1) is 5.41 Å². The van der Waals surface area contributed by atoms with Gasteiger partial charge in [0.2, 0.25) is 0 Å². The molecule has 0 atom stereocenters. The lowest BCUT2D eigenvalue weighted by molar-refractivity contribution is 0.743. The SMILES string of the molecule is N=C(N)c1cc(Cl)ccc1N1CCc2sccc2C1. The molecule has 1 aromatic heterocycles. The van der Waals surface area contributed by atoms with E-state index in [0.717, 1.165) is 25.2 Å². The third kappa shape index (κ3) is 2.33. The van der Waals surface area contributed by atoms with E-state index in [-0.39, 0.29) is 5.84 Å². The molecule has 3 nitrogen and oxygen atoms in total. The molecule has 1 aliphatic rings. The van der Waals surface area contributed by atoms with Gasteiger partial charge in [-0.3, -0.25) is 5.41 Å². The van der Waals surface area contributed by atoms with Crippen LogP contribution in [-0.4, -0.2) is 12.4 Å². The Balaban J connectivity index is 1.98. The van der Waals surface area contributed by atoms with Gasteiger partial charge in [0, 0.05) is 34.2 Å². The lowest BCUT2D eigenvalue weighted by Crippen LogP contribution is -2.31. The van der Waals surface area contributed by atoms with Crippen LogP contribution in [0.3, 0.4) is 0 Å². The first-order chi connectivity index (χ1) is 9.15. The monoisotopic (exact) mass is 291 g/mol. The Morgan fingerprint density at radius 1 is 1.37 bits per heavy atom. The maximum atomic E-state index is 7.70. The molecule has 0 saturated heterocycles. The number of fused-ring (bicyclic) bond motifs is 1. The standard InChI is InChI=1S/C14H14ClN3S/c15-10-1-2-12(11(7-10)14(16)17)18-5-3-13-9(8-18)4-6-19-13/h1-2,4,6-7H,3,5,8H2,(H3,16,17). The molecule has 5 heteroatoms. The second kappa shape index (κ2) is 4.87. The molecule has 0 unspecified atom stereocenters. The van der Waals surface area contributed by atoms with Gasteiger partial charge in [0.05, 0.1) is 0 Å². The van der Waals surface area contributed by atoms with Crippen LogP contribution in [0.25, 0.3) is 0 Å². The minimum Gasteiger partial charge on any atom is -0.384 e. The van der Waals surface area contributed by atoms with Crippen molar-refractivity contribution in [2.24, 2.45) is 5.73 Å². The van der Waals surface area contributed by atoms with E-state index in [1.165, 1.54) is 10.4 Å². The zero-order chi connectivity index (χ0) is 13.4. The van der Waals surface area contributed by atoms with Gasteiger partial charge >= 0.3 is 0 Å². The maximum Gasteiger partial charge on any atom is 0.124 e. The van der Waals surface area contributed by atoms with Crippen LogP contribution in [0.2, 0.25) is 5.02 Å². The van der Waals surface area contributed by atoms with Gasteiger partial charge in [0.1, 0.15) is 5.84 Å². The third-order valence-corrected chi connectivity index (χ3v) is 4.66. The molecular formula is C14H14ClN3S. The Hall–Kier alpha value is -1.52. The average Bonchev–Trinajstić information content (AvgIpc) is 2.85. The lowest BCUT2D eigenvalue weighted by Gasteiger charge is -2.30. The van der Waals surface area contributed by atoms with Crippen LogP contribution in [-0.2, 0) is 13.0 Å². The molecular weight excluding hydrogens is 278 g/mol. The molecule has 0 bridgehead atoms. The van der Waals surface area contributed by atoms with Gasteiger partial charge in [-0.1, -0.05) is 11.6 Å². The molecule has 0 aliphatic carbocycles. The Labute approximate surface area is 121 Å². The fourth-order valence-corrected chi connectivity index (χ4v) is 3.52. The zero-order valence-electron chi connectivity index (χ0n) is 10.3. The number of nitrogen functional groups attached to an aromatic ring is 1. The summed E-state index contributed by atoms with van der Waals surface area (Å²) in [4.78, 5) is 3.73. The molecule has 1 aliphatic heterocycles. The summed E-state index contributed by atoms with van der Waals surface area (Å²) in [5.41, 5.74) is 8.75. The van der Waals surface area contributed by atoms with Gasteiger partial charge in [-0.05, 0) is 41.6 Å². The van der Waals surface area contributed by atoms with Gasteiger partial charge in [0.15, 0.2) is 0 Å². The highest BCUT2D eigenvalue weighted by atomic mass is 35.5. The summed E-state index contributed by atoms with van der Waals surface area (Å²) < 4.78 is 0. The highest BCUT2D eigenvalue weighted by molar-refractivity contribution is 7.10. The van der Waals surface area contributed by atoms with Crippen LogP contribution in [0.15, 0.2) is 29.6 Å². The van der Waals surface area contributed by atoms with E-state index < -0.39 is 0 Å². The molecule has 0 fully saturated rings. The fourth-order valence-electron chi connectivity index (χ4n) is 2.45. The van der Waals surface area contributed by atoms with Crippen molar-refractivity contribution in [2.75, 3.05) is 11.4 Å². The third-order valence-electron chi connectivity index (χ3n) is 3.40. The van der Waals surface area contributed by atoms with Crippen molar-refractivity contribution in [1.82, 2.24) is 0 Å². The smallest absolute Gasteiger partial charge is 0.124 e. The van der Waals surface area contributed by atoms with Crippen molar-refractivity contribution in [3.63, 3.8) is 0 Å². The zero-order valence-corrected chi connectivity index (χ0v) is 11.9. The fraction of sp³-hybridized carbons (Fsp3) is 0.214. The predicted molar refractivity (Wildman–Crippen MR) is 81.5 cm³/mol. The largest absolute Gasteiger partial charge is 0.384 e. The summed E-state index contributed by atoms with van der Waals surface area (Å²) >= 11 is 7.82. The number of hydrogen-bond donors (Lipinski definition) is 2. The summed E-state index contributed by atoms with van der Waals surface area (Å²) in [7, 11) is 0. The molecule has 2 heterocycles. The second-order valence-corrected chi connectivity index (χ2v) is 6.05. The summed E-state index contributed by atoms with van der Waals surface area (Å²) in [6.45, 7) is 1.83. The molecule has 0 spiro atoms. The Bertz CT molecular complexity index is 635. The molecule has 2 aromatic rings. The second-order valence-electron chi connectivity index (χ2n) is 4.62. The summed E-state index contributed by atoms with van der Waals surface area (Å²) in [5, 5.41) is 10.5. The maximum absolute atomic E-state index is 7.70. The van der Waals surface area contributed by atoms with Crippen LogP contribution >= 0.6 is 22.9 Å². The lowest BCUT2D eigenvalue weighted by atomic mass is 10.1. The number of benzene rings is 1. The van der Waals surface area contributed by atoms with Crippen molar-refractivity contribution < 1.29 is 0 Å². The van der Waals surface area contributed by atoms with E-state index >= 15 is 0 Å². The molecule has 0 radical (unpaired) electrons. The number of nitrogens with one attached hydrogen (secondary N) is 1. The van der Waals surface area contributed by atoms with Crippen LogP contribution in [0.4, 0.5) is 5.69 Å². The normalized spacial score (nSPS) is 14.3. The van der Waals surface area contributed by atoms with E-state index in [2.05, 4.69) is 16.3 Å². The Morgan fingerprint density at radius 2 is 2.21 bits per heavy atom. The molecule has 0 saturated carbocycles. The minimum absolute atomic E-state index is 0.0635. The first-order valence-corrected chi connectivity index (χ1v) is 7.35. The van der Waals surface area contributed by atoms with Crippen LogP contribution in [0.5, 0.6) is 0 Å². The molecule has 1 aromatic carbocycles. The number of nitrogens with two attached hydrogens (primary N) is 1. The number of amidine groups is 1. The van der Waals surface area contributed by atoms with Gasteiger partial charge < -0.3 is 10.6 Å². The van der Waals surface area contributed by atoms with E-state index in [0.29, 0.717) is 10.6 Å². The number of thiophene rings is 1. The van der Waals surface area contributed by atoms with Crippen molar-refractivity contribution in [3.8, 4) is 0 Å². The number of hydrogen-bond acceptors (Lipinski definition) is 3. The first kappa shape index (κ1) is 12.5. The Kier molecular flexibility index (Phi) is 3.21. The number of anilines is 1. The van der Waals surface area contributed by atoms with E-state index in [1.54, 1.807) is 6.07 Å². The van der Waals surface area contributed by atoms with Crippen molar-refractivity contribution in [3.05, 3.63) is 50.7 Å². The van der Waals surface area contributed by atoms with Crippen molar-refractivity contribution in [2.45, 2.75) is 13.0 Å². The number of nitrogens with zero attached hydrogens (tertiary/aromatic N) is 1. The minimum atomic E-state index is 0.0635. The van der Waals surface area contributed by atoms with Crippen LogP contribution in [0.1, 0.15) is 16.0 Å². The van der Waals surface area contributed by atoms with Gasteiger partial charge in [0.25, 0.3) is 0 Å². The van der Waals surface area contributed by atoms with Gasteiger partial charge in [-0.15, -0.1) is 11.3 Å². The molecule has 0 amide bonds. The highest BCUT2D eigenvalue weighted by Gasteiger charge is 2.20. The summed E-state index contributed by atoms with van der Waals surface area (Å²) in [6.07, 6.45) is 1.05.